The standard InChI is InChI=1S/C15H25NOS/c1-4-12-5-10(2)6-14(7-12)17-15-8-13(9-15)16-11(3)18/h6-7,10-11,13,15-16,18H,4-5,8-9H2,1-3H3. The Morgan fingerprint density at radius 1 is 1.50 bits per heavy atom. The van der Waals surface area contributed by atoms with Crippen LogP contribution < -0.4 is 5.32 Å². The van der Waals surface area contributed by atoms with Gasteiger partial charge in [0.15, 0.2) is 0 Å². The van der Waals surface area contributed by atoms with E-state index in [2.05, 4.69) is 50.9 Å². The number of hydrogen-bond donors (Lipinski definition) is 2. The lowest BCUT2D eigenvalue weighted by Crippen LogP contribution is -2.47. The molecular weight excluding hydrogens is 242 g/mol. The average Bonchev–Trinajstić information content (AvgIpc) is 2.24. The fourth-order valence-electron chi connectivity index (χ4n) is 2.71. The van der Waals surface area contributed by atoms with Crippen LogP contribution in [0.25, 0.3) is 0 Å². The number of nitrogens with one attached hydrogen (secondary N) is 1. The van der Waals surface area contributed by atoms with Gasteiger partial charge in [-0.05, 0) is 50.7 Å². The fourth-order valence-corrected chi connectivity index (χ4v) is 2.92. The van der Waals surface area contributed by atoms with Gasteiger partial charge in [-0.25, -0.2) is 0 Å². The molecule has 0 aromatic rings. The molecule has 2 rings (SSSR count). The third kappa shape index (κ3) is 3.79. The van der Waals surface area contributed by atoms with Crippen molar-refractivity contribution in [2.45, 2.75) is 64.0 Å². The number of ether oxygens (including phenoxy) is 1. The molecule has 2 unspecified atom stereocenters. The van der Waals surface area contributed by atoms with Gasteiger partial charge in [-0.15, -0.1) is 0 Å². The Kier molecular flexibility index (Phi) is 4.79. The lowest BCUT2D eigenvalue weighted by Gasteiger charge is -2.37. The van der Waals surface area contributed by atoms with Gasteiger partial charge in [-0.3, -0.25) is 0 Å². The maximum atomic E-state index is 6.06. The van der Waals surface area contributed by atoms with Gasteiger partial charge in [-0.1, -0.05) is 19.4 Å². The molecule has 2 aliphatic carbocycles. The molecule has 0 saturated heterocycles. The summed E-state index contributed by atoms with van der Waals surface area (Å²) in [5, 5.41) is 3.70. The number of hydrogen-bond acceptors (Lipinski definition) is 3. The maximum Gasteiger partial charge on any atom is 0.115 e. The Morgan fingerprint density at radius 2 is 2.22 bits per heavy atom. The molecule has 0 bridgehead atoms. The smallest absolute Gasteiger partial charge is 0.115 e. The first kappa shape index (κ1) is 14.0. The van der Waals surface area contributed by atoms with Crippen LogP contribution in [-0.4, -0.2) is 17.5 Å². The van der Waals surface area contributed by atoms with Crippen LogP contribution in [0.2, 0.25) is 0 Å². The normalized spacial score (nSPS) is 33.2. The minimum absolute atomic E-state index is 0.274. The van der Waals surface area contributed by atoms with Gasteiger partial charge < -0.3 is 10.1 Å². The van der Waals surface area contributed by atoms with E-state index in [9.17, 15) is 0 Å². The van der Waals surface area contributed by atoms with Crippen LogP contribution >= 0.6 is 12.6 Å². The summed E-state index contributed by atoms with van der Waals surface area (Å²) < 4.78 is 6.06. The van der Waals surface area contributed by atoms with E-state index in [1.807, 2.05) is 0 Å². The zero-order chi connectivity index (χ0) is 13.1. The summed E-state index contributed by atoms with van der Waals surface area (Å²) in [4.78, 5) is 0. The van der Waals surface area contributed by atoms with Crippen molar-refractivity contribution in [1.29, 1.82) is 0 Å². The van der Waals surface area contributed by atoms with Crippen molar-refractivity contribution < 1.29 is 4.74 Å². The lowest BCUT2D eigenvalue weighted by atomic mass is 9.88. The summed E-state index contributed by atoms with van der Waals surface area (Å²) in [6.07, 6.45) is 9.42. The summed E-state index contributed by atoms with van der Waals surface area (Å²) in [7, 11) is 0. The minimum Gasteiger partial charge on any atom is -0.491 e. The van der Waals surface area contributed by atoms with Crippen LogP contribution in [0.4, 0.5) is 0 Å². The predicted octanol–water partition coefficient (Wildman–Crippen LogP) is 3.66. The van der Waals surface area contributed by atoms with Crippen molar-refractivity contribution in [2.24, 2.45) is 5.92 Å². The van der Waals surface area contributed by atoms with E-state index >= 15 is 0 Å². The highest BCUT2D eigenvalue weighted by molar-refractivity contribution is 7.80. The van der Waals surface area contributed by atoms with Crippen LogP contribution in [0.5, 0.6) is 0 Å². The van der Waals surface area contributed by atoms with Gasteiger partial charge in [0.1, 0.15) is 11.9 Å². The molecule has 0 aliphatic heterocycles. The molecule has 2 nitrogen and oxygen atoms in total. The zero-order valence-corrected chi connectivity index (χ0v) is 12.5. The van der Waals surface area contributed by atoms with Crippen LogP contribution in [-0.2, 0) is 4.74 Å². The number of thiol groups is 1. The molecule has 0 aromatic heterocycles. The second-order valence-corrected chi connectivity index (χ2v) is 6.43. The highest BCUT2D eigenvalue weighted by Crippen LogP contribution is 2.30. The Balaban J connectivity index is 1.79. The molecule has 102 valence electrons. The van der Waals surface area contributed by atoms with E-state index in [1.54, 1.807) is 0 Å². The van der Waals surface area contributed by atoms with Crippen molar-refractivity contribution in [3.8, 4) is 0 Å². The first-order valence-electron chi connectivity index (χ1n) is 7.08. The Labute approximate surface area is 116 Å². The molecule has 0 spiro atoms. The summed E-state index contributed by atoms with van der Waals surface area (Å²) in [5.74, 6) is 1.71. The molecule has 1 N–H and O–H groups in total. The minimum atomic E-state index is 0.274. The zero-order valence-electron chi connectivity index (χ0n) is 11.6. The highest BCUT2D eigenvalue weighted by atomic mass is 32.1. The Hall–Kier alpha value is -0.410. The van der Waals surface area contributed by atoms with Gasteiger partial charge in [0, 0.05) is 11.4 Å². The van der Waals surface area contributed by atoms with Crippen LogP contribution in [0.3, 0.4) is 0 Å². The van der Waals surface area contributed by atoms with Crippen LogP contribution in [0.15, 0.2) is 23.5 Å². The molecule has 1 fully saturated rings. The summed E-state index contributed by atoms with van der Waals surface area (Å²) in [5.41, 5.74) is 1.51. The van der Waals surface area contributed by atoms with Crippen molar-refractivity contribution in [3.63, 3.8) is 0 Å². The van der Waals surface area contributed by atoms with E-state index in [4.69, 9.17) is 4.74 Å². The topological polar surface area (TPSA) is 21.3 Å². The average molecular weight is 267 g/mol. The first-order valence-corrected chi connectivity index (χ1v) is 7.60. The summed E-state index contributed by atoms with van der Waals surface area (Å²) in [6, 6.07) is 0.582. The molecule has 0 amide bonds. The van der Waals surface area contributed by atoms with Crippen LogP contribution in [0, 0.1) is 5.92 Å². The molecule has 0 radical (unpaired) electrons. The molecule has 0 heterocycles. The molecule has 2 atom stereocenters. The van der Waals surface area contributed by atoms with Crippen molar-refractivity contribution in [1.82, 2.24) is 5.32 Å². The summed E-state index contributed by atoms with van der Waals surface area (Å²) >= 11 is 4.35. The predicted molar refractivity (Wildman–Crippen MR) is 79.7 cm³/mol. The Bertz CT molecular complexity index is 342. The maximum absolute atomic E-state index is 6.06. The third-order valence-corrected chi connectivity index (χ3v) is 3.86. The molecule has 2 aliphatic rings. The number of rotatable bonds is 5. The van der Waals surface area contributed by atoms with E-state index in [1.165, 1.54) is 12.0 Å². The quantitative estimate of drug-likeness (QED) is 0.586. The Morgan fingerprint density at radius 3 is 2.83 bits per heavy atom. The van der Waals surface area contributed by atoms with Crippen molar-refractivity contribution >= 4 is 12.6 Å². The van der Waals surface area contributed by atoms with Crippen molar-refractivity contribution in [3.05, 3.63) is 23.5 Å². The fraction of sp³-hybridized carbons (Fsp3) is 0.733. The molecule has 0 aromatic carbocycles. The van der Waals surface area contributed by atoms with Gasteiger partial charge in [0.05, 0.1) is 0 Å². The highest BCUT2D eigenvalue weighted by Gasteiger charge is 2.31. The van der Waals surface area contributed by atoms with Crippen molar-refractivity contribution in [2.75, 3.05) is 0 Å². The van der Waals surface area contributed by atoms with Gasteiger partial charge in [-0.2, -0.15) is 12.6 Å². The molecule has 1 saturated carbocycles. The first-order chi connectivity index (χ1) is 8.56. The largest absolute Gasteiger partial charge is 0.491 e. The third-order valence-electron chi connectivity index (χ3n) is 3.71. The van der Waals surface area contributed by atoms with E-state index in [0.717, 1.165) is 25.0 Å². The van der Waals surface area contributed by atoms with Gasteiger partial charge in [0.25, 0.3) is 0 Å². The van der Waals surface area contributed by atoms with E-state index in [-0.39, 0.29) is 5.37 Å². The second-order valence-electron chi connectivity index (χ2n) is 5.66. The van der Waals surface area contributed by atoms with Crippen LogP contribution in [0.1, 0.15) is 46.5 Å². The monoisotopic (exact) mass is 267 g/mol. The van der Waals surface area contributed by atoms with Gasteiger partial charge >= 0.3 is 0 Å². The lowest BCUT2D eigenvalue weighted by molar-refractivity contribution is 0.0314. The van der Waals surface area contributed by atoms with E-state index in [0.29, 0.717) is 18.1 Å². The van der Waals surface area contributed by atoms with Gasteiger partial charge in [0.2, 0.25) is 0 Å². The molecular formula is C15H25NOS. The molecule has 3 heteroatoms. The second kappa shape index (κ2) is 6.16. The SMILES string of the molecule is CCC1=CC(OC2CC(NC(C)S)C2)=CC(C)C1. The number of allylic oxidation sites excluding steroid dienone is 3. The molecule has 18 heavy (non-hydrogen) atoms. The summed E-state index contributed by atoms with van der Waals surface area (Å²) in [6.45, 7) is 6.55. The van der Waals surface area contributed by atoms with E-state index < -0.39 is 0 Å².